The van der Waals surface area contributed by atoms with E-state index in [1.54, 1.807) is 39.9 Å². The van der Waals surface area contributed by atoms with Crippen LogP contribution in [0.4, 0.5) is 0 Å². The van der Waals surface area contributed by atoms with Crippen molar-refractivity contribution >= 4 is 15.9 Å². The molecule has 0 bridgehead atoms. The lowest BCUT2D eigenvalue weighted by atomic mass is 9.98. The van der Waals surface area contributed by atoms with Crippen molar-refractivity contribution in [2.24, 2.45) is 5.92 Å². The normalized spacial score (nSPS) is 16.1. The van der Waals surface area contributed by atoms with Crippen LogP contribution in [0, 0.1) is 31.1 Å². The number of nitrogens with zero attached hydrogens (tertiary/aromatic N) is 3. The van der Waals surface area contributed by atoms with Crippen molar-refractivity contribution in [3.63, 3.8) is 0 Å². The van der Waals surface area contributed by atoms with Gasteiger partial charge in [0.15, 0.2) is 0 Å². The van der Waals surface area contributed by atoms with E-state index in [9.17, 15) is 18.5 Å². The van der Waals surface area contributed by atoms with Crippen LogP contribution in [0.15, 0.2) is 41.4 Å². The smallest absolute Gasteiger partial charge is 0.241 e. The number of carbonyl (C=O) groups excluding carboxylic acids is 1. The molecule has 0 aliphatic carbocycles. The maximum absolute atomic E-state index is 13.3. The Balaban J connectivity index is 1.83. The Hall–Kier alpha value is -2.63. The molecule has 1 aromatic heterocycles. The summed E-state index contributed by atoms with van der Waals surface area (Å²) in [5.74, 6) is 0.359. The molecule has 1 fully saturated rings. The fourth-order valence-corrected chi connectivity index (χ4v) is 5.42. The highest BCUT2D eigenvalue weighted by Crippen LogP contribution is 2.20. The van der Waals surface area contributed by atoms with Gasteiger partial charge in [-0.2, -0.15) is 9.98 Å². The van der Waals surface area contributed by atoms with Gasteiger partial charge in [0.25, 0.3) is 0 Å². The topological polar surface area (TPSA) is 95.2 Å². The summed E-state index contributed by atoms with van der Waals surface area (Å²) in [7, 11) is -3.88. The lowest BCUT2D eigenvalue weighted by Crippen LogP contribution is -2.50. The minimum atomic E-state index is -3.88. The first-order valence-corrected chi connectivity index (χ1v) is 12.1. The number of hydrogen-bond donors (Lipinski definition) is 1. The Kier molecular flexibility index (Phi) is 7.19. The minimum absolute atomic E-state index is 0.161. The molecule has 1 aromatic carbocycles. The number of nitrogens with one attached hydrogen (secondary N) is 1. The maximum Gasteiger partial charge on any atom is 0.241 e. The molecule has 166 valence electrons. The van der Waals surface area contributed by atoms with Crippen LogP contribution in [0.1, 0.15) is 43.0 Å². The second-order valence-electron chi connectivity index (χ2n) is 8.49. The van der Waals surface area contributed by atoms with Gasteiger partial charge >= 0.3 is 0 Å². The van der Waals surface area contributed by atoms with E-state index in [1.165, 1.54) is 0 Å². The molecule has 1 atom stereocenters. The first-order chi connectivity index (χ1) is 14.7. The third-order valence-corrected chi connectivity index (χ3v) is 7.25. The molecular formula is C23H30N4O3S. The summed E-state index contributed by atoms with van der Waals surface area (Å²) in [4.78, 5) is 15.2. The highest BCUT2D eigenvalue weighted by atomic mass is 32.2. The van der Waals surface area contributed by atoms with Crippen LogP contribution in [0.25, 0.3) is 0 Å². The third-order valence-electron chi connectivity index (χ3n) is 5.80. The van der Waals surface area contributed by atoms with Gasteiger partial charge in [-0.15, -0.1) is 0 Å². The zero-order valence-electron chi connectivity index (χ0n) is 18.3. The van der Waals surface area contributed by atoms with Gasteiger partial charge in [0.05, 0.1) is 4.90 Å². The third kappa shape index (κ3) is 5.75. The molecule has 2 aromatic rings. The number of nitriles is 1. The van der Waals surface area contributed by atoms with Crippen molar-refractivity contribution in [1.29, 1.82) is 5.26 Å². The van der Waals surface area contributed by atoms with E-state index in [4.69, 9.17) is 0 Å². The van der Waals surface area contributed by atoms with Gasteiger partial charge in [0, 0.05) is 25.8 Å². The summed E-state index contributed by atoms with van der Waals surface area (Å²) in [6, 6.07) is 9.81. The number of piperidine rings is 1. The Morgan fingerprint density at radius 2 is 1.87 bits per heavy atom. The van der Waals surface area contributed by atoms with Crippen molar-refractivity contribution in [2.75, 3.05) is 13.1 Å². The van der Waals surface area contributed by atoms with Crippen LogP contribution in [0.5, 0.6) is 0 Å². The van der Waals surface area contributed by atoms with Crippen molar-refractivity contribution in [3.8, 4) is 6.07 Å². The molecule has 8 heteroatoms. The number of carbonyl (C=O) groups is 1. The number of likely N-dealkylation sites (tertiary alicyclic amines) is 1. The molecule has 1 aliphatic heterocycles. The van der Waals surface area contributed by atoms with Gasteiger partial charge in [-0.3, -0.25) is 4.79 Å². The molecule has 0 saturated carbocycles. The van der Waals surface area contributed by atoms with E-state index < -0.39 is 16.1 Å². The van der Waals surface area contributed by atoms with Crippen LogP contribution < -0.4 is 4.72 Å². The second kappa shape index (κ2) is 9.67. The minimum Gasteiger partial charge on any atom is -0.341 e. The van der Waals surface area contributed by atoms with E-state index in [1.807, 2.05) is 19.9 Å². The SMILES string of the molecule is Cc1cc(C)cc(S(=O)(=O)NC(CCn2cccc2C#N)C(=O)N2CCC(C)CC2)c1. The largest absolute Gasteiger partial charge is 0.341 e. The van der Waals surface area contributed by atoms with Crippen molar-refractivity contribution < 1.29 is 13.2 Å². The predicted molar refractivity (Wildman–Crippen MR) is 119 cm³/mol. The van der Waals surface area contributed by atoms with E-state index >= 15 is 0 Å². The van der Waals surface area contributed by atoms with Crippen LogP contribution in [0.3, 0.4) is 0 Å². The van der Waals surface area contributed by atoms with Gasteiger partial charge < -0.3 is 9.47 Å². The maximum atomic E-state index is 13.3. The zero-order valence-corrected chi connectivity index (χ0v) is 19.2. The first kappa shape index (κ1) is 23.0. The average molecular weight is 443 g/mol. The highest BCUT2D eigenvalue weighted by Gasteiger charge is 2.31. The molecule has 1 N–H and O–H groups in total. The summed E-state index contributed by atoms with van der Waals surface area (Å²) in [5.41, 5.74) is 2.17. The number of benzene rings is 1. The molecule has 0 spiro atoms. The quantitative estimate of drug-likeness (QED) is 0.713. The Morgan fingerprint density at radius 3 is 2.48 bits per heavy atom. The number of aryl methyl sites for hydroxylation is 3. The van der Waals surface area contributed by atoms with Crippen LogP contribution in [-0.4, -0.2) is 42.9 Å². The summed E-state index contributed by atoms with van der Waals surface area (Å²) >= 11 is 0. The zero-order chi connectivity index (χ0) is 22.6. The average Bonchev–Trinajstić information content (AvgIpc) is 3.18. The van der Waals surface area contributed by atoms with Crippen molar-refractivity contribution in [3.05, 3.63) is 53.3 Å². The Labute approximate surface area is 184 Å². The second-order valence-corrected chi connectivity index (χ2v) is 10.2. The van der Waals surface area contributed by atoms with Crippen LogP contribution in [0.2, 0.25) is 0 Å². The molecule has 1 aliphatic rings. The predicted octanol–water partition coefficient (Wildman–Crippen LogP) is 2.97. The molecule has 3 rings (SSSR count). The van der Waals surface area contributed by atoms with Gasteiger partial charge in [-0.1, -0.05) is 13.0 Å². The lowest BCUT2D eigenvalue weighted by molar-refractivity contribution is -0.134. The van der Waals surface area contributed by atoms with E-state index in [0.717, 1.165) is 24.0 Å². The summed E-state index contributed by atoms with van der Waals surface area (Å²) in [6.45, 7) is 7.49. The van der Waals surface area contributed by atoms with Crippen LogP contribution in [-0.2, 0) is 21.4 Å². The fourth-order valence-electron chi connectivity index (χ4n) is 4.00. The van der Waals surface area contributed by atoms with E-state index in [0.29, 0.717) is 31.2 Å². The summed E-state index contributed by atoms with van der Waals surface area (Å²) < 4.78 is 30.7. The number of amides is 1. The van der Waals surface area contributed by atoms with Gasteiger partial charge in [-0.05, 0) is 74.4 Å². The number of hydrogen-bond acceptors (Lipinski definition) is 4. The van der Waals surface area contributed by atoms with Crippen LogP contribution >= 0.6 is 0 Å². The summed E-state index contributed by atoms with van der Waals surface area (Å²) in [5, 5.41) is 9.24. The Morgan fingerprint density at radius 1 is 1.23 bits per heavy atom. The monoisotopic (exact) mass is 442 g/mol. The van der Waals surface area contributed by atoms with Crippen molar-refractivity contribution in [1.82, 2.24) is 14.2 Å². The number of sulfonamides is 1. The fraction of sp³-hybridized carbons (Fsp3) is 0.478. The molecule has 0 radical (unpaired) electrons. The Bertz CT molecular complexity index is 1060. The molecule has 1 unspecified atom stereocenters. The first-order valence-electron chi connectivity index (χ1n) is 10.6. The van der Waals surface area contributed by atoms with Crippen molar-refractivity contribution in [2.45, 2.75) is 57.5 Å². The molecule has 7 nitrogen and oxygen atoms in total. The highest BCUT2D eigenvalue weighted by molar-refractivity contribution is 7.89. The molecule has 31 heavy (non-hydrogen) atoms. The van der Waals surface area contributed by atoms with Gasteiger partial charge in [0.2, 0.25) is 15.9 Å². The standard InChI is InChI=1S/C23H30N4O3S/c1-17-6-10-27(11-7-17)23(28)22(8-12-26-9-4-5-20(26)16-24)25-31(29,30)21-14-18(2)13-19(3)15-21/h4-5,9,13-15,17,22,25H,6-8,10-12H2,1-3H3. The molecule has 2 heterocycles. The molecule has 1 amide bonds. The lowest BCUT2D eigenvalue weighted by Gasteiger charge is -2.33. The summed E-state index contributed by atoms with van der Waals surface area (Å²) in [6.07, 6.45) is 3.86. The van der Waals surface area contributed by atoms with E-state index in [-0.39, 0.29) is 17.2 Å². The van der Waals surface area contributed by atoms with Gasteiger partial charge in [-0.25, -0.2) is 8.42 Å². The number of rotatable bonds is 7. The molecule has 1 saturated heterocycles. The van der Waals surface area contributed by atoms with E-state index in [2.05, 4.69) is 17.7 Å². The number of aromatic nitrogens is 1. The molecular weight excluding hydrogens is 412 g/mol. The van der Waals surface area contributed by atoms with Gasteiger partial charge in [0.1, 0.15) is 17.8 Å².